The molecule has 4 rings (SSSR count). The van der Waals surface area contributed by atoms with E-state index in [2.05, 4.69) is 31.8 Å². The lowest BCUT2D eigenvalue weighted by molar-refractivity contribution is 0.475. The van der Waals surface area contributed by atoms with Crippen molar-refractivity contribution in [2.75, 3.05) is 0 Å². The number of para-hydroxylation sites is 1. The summed E-state index contributed by atoms with van der Waals surface area (Å²) in [6, 6.07) is 14.6. The zero-order valence-corrected chi connectivity index (χ0v) is 13.6. The molecule has 124 valence electrons. The Morgan fingerprint density at radius 3 is 2.60 bits per heavy atom. The molecule has 0 unspecified atom stereocenters. The molecule has 4 aromatic rings. The van der Waals surface area contributed by atoms with Gasteiger partial charge in [0, 0.05) is 17.5 Å². The van der Waals surface area contributed by atoms with E-state index in [1.165, 1.54) is 0 Å². The maximum Gasteiger partial charge on any atom is 0.204 e. The first-order chi connectivity index (χ1) is 12.2. The molecule has 0 bridgehead atoms. The van der Waals surface area contributed by atoms with Crippen LogP contribution >= 0.6 is 0 Å². The lowest BCUT2D eigenvalue weighted by atomic mass is 10.1. The van der Waals surface area contributed by atoms with Crippen LogP contribution in [0.5, 0.6) is 5.75 Å². The van der Waals surface area contributed by atoms with Crippen LogP contribution in [-0.2, 0) is 6.54 Å². The van der Waals surface area contributed by atoms with Gasteiger partial charge < -0.3 is 15.5 Å². The zero-order valence-electron chi connectivity index (χ0n) is 13.6. The van der Waals surface area contributed by atoms with Gasteiger partial charge in [0.2, 0.25) is 5.82 Å². The highest BCUT2D eigenvalue weighted by atomic mass is 16.3. The van der Waals surface area contributed by atoms with Gasteiger partial charge in [-0.2, -0.15) is 5.10 Å². The zero-order chi connectivity index (χ0) is 17.4. The van der Waals surface area contributed by atoms with Crippen molar-refractivity contribution in [2.45, 2.75) is 13.5 Å². The van der Waals surface area contributed by atoms with Crippen LogP contribution < -0.4 is 5.84 Å². The van der Waals surface area contributed by atoms with Crippen LogP contribution in [0.25, 0.3) is 22.1 Å². The van der Waals surface area contributed by atoms with E-state index in [9.17, 15) is 5.11 Å². The molecule has 0 saturated carbocycles. The monoisotopic (exact) mass is 332 g/mol. The van der Waals surface area contributed by atoms with Crippen molar-refractivity contribution in [1.82, 2.24) is 19.7 Å². The molecule has 7 heteroatoms. The number of fused-ring (bicyclic) bond motifs is 3. The molecule has 0 aliphatic carbocycles. The highest BCUT2D eigenvalue weighted by Gasteiger charge is 2.17. The summed E-state index contributed by atoms with van der Waals surface area (Å²) in [5.41, 5.74) is 3.69. The predicted molar refractivity (Wildman–Crippen MR) is 96.4 cm³/mol. The summed E-state index contributed by atoms with van der Waals surface area (Å²) in [6.07, 6.45) is 0. The number of nitrogens with zero attached hydrogens (tertiary/aromatic N) is 5. The summed E-state index contributed by atoms with van der Waals surface area (Å²) < 4.78 is 2.09. The molecule has 2 aromatic carbocycles. The highest BCUT2D eigenvalue weighted by Crippen LogP contribution is 2.26. The maximum atomic E-state index is 9.45. The summed E-state index contributed by atoms with van der Waals surface area (Å²) in [5.74, 6) is 6.09. The molecule has 7 nitrogen and oxygen atoms in total. The second-order valence-corrected chi connectivity index (χ2v) is 5.59. The lowest BCUT2D eigenvalue weighted by Crippen LogP contribution is -2.13. The lowest BCUT2D eigenvalue weighted by Gasteiger charge is -2.05. The number of hydrogen-bond acceptors (Lipinski definition) is 6. The molecular formula is C18H16N6O. The summed E-state index contributed by atoms with van der Waals surface area (Å²) >= 11 is 0. The topological polar surface area (TPSA) is 102 Å². The Morgan fingerprint density at radius 2 is 1.88 bits per heavy atom. The minimum absolute atomic E-state index is 0.167. The molecule has 2 aromatic heterocycles. The van der Waals surface area contributed by atoms with Gasteiger partial charge in [-0.05, 0) is 37.3 Å². The minimum atomic E-state index is 0.167. The van der Waals surface area contributed by atoms with E-state index in [1.54, 1.807) is 24.3 Å². The van der Waals surface area contributed by atoms with Crippen LogP contribution in [0.4, 0.5) is 0 Å². The van der Waals surface area contributed by atoms with Crippen LogP contribution in [0.15, 0.2) is 53.6 Å². The number of aromatic nitrogens is 4. The number of aryl methyl sites for hydroxylation is 1. The van der Waals surface area contributed by atoms with Gasteiger partial charge in [-0.1, -0.05) is 18.2 Å². The van der Waals surface area contributed by atoms with Crippen molar-refractivity contribution in [3.8, 4) is 5.75 Å². The number of aromatic hydroxyl groups is 1. The van der Waals surface area contributed by atoms with Crippen molar-refractivity contribution in [3.05, 3.63) is 59.9 Å². The number of phenols is 1. The van der Waals surface area contributed by atoms with Crippen molar-refractivity contribution in [1.29, 1.82) is 0 Å². The second-order valence-electron chi connectivity index (χ2n) is 5.59. The maximum absolute atomic E-state index is 9.45. The smallest absolute Gasteiger partial charge is 0.204 e. The fourth-order valence-corrected chi connectivity index (χ4v) is 3.00. The third-order valence-corrected chi connectivity index (χ3v) is 4.17. The molecule has 0 spiro atoms. The summed E-state index contributed by atoms with van der Waals surface area (Å²) in [6.45, 7) is 2.82. The number of hydrazone groups is 1. The van der Waals surface area contributed by atoms with Gasteiger partial charge in [0.25, 0.3) is 0 Å². The molecule has 0 fully saturated rings. The molecule has 0 radical (unpaired) electrons. The van der Waals surface area contributed by atoms with Crippen LogP contribution in [0.1, 0.15) is 18.3 Å². The van der Waals surface area contributed by atoms with E-state index >= 15 is 0 Å². The Hall–Kier alpha value is -3.48. The van der Waals surface area contributed by atoms with Gasteiger partial charge in [0.05, 0.1) is 5.52 Å². The first kappa shape index (κ1) is 15.1. The number of benzene rings is 2. The molecule has 0 amide bonds. The standard InChI is InChI=1S/C18H16N6O/c1-2-24-14-6-4-3-5-13(14)16-18(24)20-17(23-22-16)15(21-19)11-7-9-12(25)10-8-11/h3-10,25H,2,19H2,1H3. The molecule has 2 heterocycles. The van der Waals surface area contributed by atoms with E-state index in [-0.39, 0.29) is 5.75 Å². The largest absolute Gasteiger partial charge is 0.508 e. The van der Waals surface area contributed by atoms with Crippen molar-refractivity contribution >= 4 is 27.8 Å². The number of hydrogen-bond donors (Lipinski definition) is 2. The van der Waals surface area contributed by atoms with Gasteiger partial charge in [-0.15, -0.1) is 10.2 Å². The average molecular weight is 332 g/mol. The summed E-state index contributed by atoms with van der Waals surface area (Å²) in [5, 5.41) is 22.9. The molecule has 0 aliphatic rings. The fraction of sp³-hybridized carbons (Fsp3) is 0.111. The van der Waals surface area contributed by atoms with Crippen molar-refractivity contribution < 1.29 is 5.11 Å². The molecule has 25 heavy (non-hydrogen) atoms. The SMILES string of the molecule is CCn1c2ccccc2c2nnc(C(=NN)c3ccc(O)cc3)nc21. The van der Waals surface area contributed by atoms with E-state index < -0.39 is 0 Å². The third-order valence-electron chi connectivity index (χ3n) is 4.17. The number of rotatable bonds is 3. The van der Waals surface area contributed by atoms with Crippen LogP contribution in [0.3, 0.4) is 0 Å². The van der Waals surface area contributed by atoms with Crippen LogP contribution in [0.2, 0.25) is 0 Å². The van der Waals surface area contributed by atoms with Gasteiger partial charge in [0.1, 0.15) is 17.0 Å². The van der Waals surface area contributed by atoms with Gasteiger partial charge in [-0.25, -0.2) is 4.98 Å². The summed E-state index contributed by atoms with van der Waals surface area (Å²) in [4.78, 5) is 4.67. The van der Waals surface area contributed by atoms with Crippen molar-refractivity contribution in [2.24, 2.45) is 10.9 Å². The summed E-state index contributed by atoms with van der Waals surface area (Å²) in [7, 11) is 0. The van der Waals surface area contributed by atoms with Crippen LogP contribution in [0, 0.1) is 0 Å². The van der Waals surface area contributed by atoms with Gasteiger partial charge in [0.15, 0.2) is 5.65 Å². The molecule has 0 aliphatic heterocycles. The predicted octanol–water partition coefficient (Wildman–Crippen LogP) is 2.42. The number of phenolic OH excluding ortho intramolecular Hbond substituents is 1. The van der Waals surface area contributed by atoms with E-state index in [0.29, 0.717) is 17.1 Å². The van der Waals surface area contributed by atoms with Crippen molar-refractivity contribution in [3.63, 3.8) is 0 Å². The average Bonchev–Trinajstić information content (AvgIpc) is 2.97. The molecular weight excluding hydrogens is 316 g/mol. The Balaban J connectivity index is 1.94. The fourth-order valence-electron chi connectivity index (χ4n) is 3.00. The normalized spacial score (nSPS) is 12.1. The first-order valence-electron chi connectivity index (χ1n) is 7.92. The second kappa shape index (κ2) is 5.86. The van der Waals surface area contributed by atoms with E-state index in [0.717, 1.165) is 28.6 Å². The minimum Gasteiger partial charge on any atom is -0.508 e. The molecule has 0 atom stereocenters. The highest BCUT2D eigenvalue weighted by molar-refractivity contribution is 6.11. The molecule has 3 N–H and O–H groups in total. The quantitative estimate of drug-likeness (QED) is 0.341. The number of nitrogens with two attached hydrogens (primary N) is 1. The Bertz CT molecular complexity index is 1100. The Kier molecular flexibility index (Phi) is 3.53. The Morgan fingerprint density at radius 1 is 1.12 bits per heavy atom. The Labute approximate surface area is 143 Å². The third kappa shape index (κ3) is 2.37. The molecule has 0 saturated heterocycles. The van der Waals surface area contributed by atoms with Gasteiger partial charge in [-0.3, -0.25) is 0 Å². The van der Waals surface area contributed by atoms with Crippen LogP contribution in [-0.4, -0.2) is 30.6 Å². The van der Waals surface area contributed by atoms with E-state index in [4.69, 9.17) is 5.84 Å². The van der Waals surface area contributed by atoms with Gasteiger partial charge >= 0.3 is 0 Å². The first-order valence-corrected chi connectivity index (χ1v) is 7.92. The van der Waals surface area contributed by atoms with E-state index in [1.807, 2.05) is 24.3 Å².